The molecule has 0 saturated heterocycles. The van der Waals surface area contributed by atoms with Crippen LogP contribution in [-0.4, -0.2) is 24.9 Å². The number of benzene rings is 1. The Balaban J connectivity index is 2.04. The monoisotopic (exact) mass is 390 g/mol. The van der Waals surface area contributed by atoms with E-state index in [1.54, 1.807) is 7.05 Å². The van der Waals surface area contributed by atoms with E-state index in [0.29, 0.717) is 33.7 Å². The number of hydrogen-bond donors (Lipinski definition) is 1. The average Bonchev–Trinajstić information content (AvgIpc) is 2.98. The minimum atomic E-state index is -0.469. The third-order valence-corrected chi connectivity index (χ3v) is 5.07. The number of H-pyrrole nitrogens is 1. The number of aromatic nitrogens is 4. The summed E-state index contributed by atoms with van der Waals surface area (Å²) < 4.78 is 3.24. The summed E-state index contributed by atoms with van der Waals surface area (Å²) in [7, 11) is 1.60. The highest BCUT2D eigenvalue weighted by atomic mass is 35.5. The Kier molecular flexibility index (Phi) is 5.68. The molecule has 3 rings (SSSR count). The van der Waals surface area contributed by atoms with Crippen LogP contribution >= 0.6 is 23.4 Å². The van der Waals surface area contributed by atoms with Crippen LogP contribution in [0.3, 0.4) is 0 Å². The molecule has 0 saturated carbocycles. The fourth-order valence-corrected chi connectivity index (χ4v) is 3.79. The quantitative estimate of drug-likeness (QED) is 0.657. The van der Waals surface area contributed by atoms with Crippen molar-refractivity contribution in [2.75, 3.05) is 5.75 Å². The number of allylic oxidation sites excluding steroid dienone is 1. The number of halogens is 1. The molecule has 0 radical (unpaired) electrons. The third kappa shape index (κ3) is 3.94. The zero-order valence-corrected chi connectivity index (χ0v) is 16.1. The molecule has 2 heterocycles. The largest absolute Gasteiger partial charge is 0.329 e. The molecule has 136 valence electrons. The minimum Gasteiger partial charge on any atom is -0.313 e. The van der Waals surface area contributed by atoms with Gasteiger partial charge in [-0.1, -0.05) is 59.8 Å². The molecule has 26 heavy (non-hydrogen) atoms. The molecule has 0 aliphatic rings. The standard InChI is InChI=1S/C18H19ClN4O2S/c1-12(19)9-11-26-18-20-15-14(16(24)21-17(25)22(15)2)23(18)10-8-13-6-4-3-5-7-13/h3-7,9H,8,10-11H2,1-2H3,(H,21,24,25). The van der Waals surface area contributed by atoms with E-state index in [1.165, 1.54) is 21.9 Å². The summed E-state index contributed by atoms with van der Waals surface area (Å²) in [5.74, 6) is 0.635. The van der Waals surface area contributed by atoms with Gasteiger partial charge in [0, 0.05) is 24.4 Å². The molecule has 2 aromatic heterocycles. The number of thioether (sulfide) groups is 1. The van der Waals surface area contributed by atoms with Crippen LogP contribution in [0.25, 0.3) is 11.2 Å². The lowest BCUT2D eigenvalue weighted by Crippen LogP contribution is -2.29. The average molecular weight is 391 g/mol. The number of fused-ring (bicyclic) bond motifs is 1. The zero-order valence-electron chi connectivity index (χ0n) is 14.5. The highest BCUT2D eigenvalue weighted by Crippen LogP contribution is 2.22. The number of imidazole rings is 1. The van der Waals surface area contributed by atoms with Gasteiger partial charge in [0.05, 0.1) is 0 Å². The Morgan fingerprint density at radius 1 is 1.31 bits per heavy atom. The molecular formula is C18H19ClN4O2S. The van der Waals surface area contributed by atoms with Crippen molar-refractivity contribution >= 4 is 34.5 Å². The molecule has 0 unspecified atom stereocenters. The van der Waals surface area contributed by atoms with Crippen molar-refractivity contribution in [3.63, 3.8) is 0 Å². The van der Waals surface area contributed by atoms with Gasteiger partial charge in [-0.3, -0.25) is 14.3 Å². The van der Waals surface area contributed by atoms with Gasteiger partial charge in [-0.25, -0.2) is 9.78 Å². The highest BCUT2D eigenvalue weighted by molar-refractivity contribution is 7.99. The van der Waals surface area contributed by atoms with E-state index in [0.717, 1.165) is 6.42 Å². The first-order valence-electron chi connectivity index (χ1n) is 8.16. The molecule has 0 bridgehead atoms. The van der Waals surface area contributed by atoms with Crippen molar-refractivity contribution in [2.45, 2.75) is 25.0 Å². The van der Waals surface area contributed by atoms with Crippen LogP contribution in [0.2, 0.25) is 0 Å². The van der Waals surface area contributed by atoms with Gasteiger partial charge in [0.2, 0.25) is 0 Å². The molecule has 0 fully saturated rings. The molecule has 0 spiro atoms. The molecule has 0 atom stereocenters. The number of rotatable bonds is 6. The van der Waals surface area contributed by atoms with Crippen LogP contribution in [-0.2, 0) is 20.0 Å². The van der Waals surface area contributed by atoms with Crippen LogP contribution in [0, 0.1) is 0 Å². The maximum absolute atomic E-state index is 12.4. The minimum absolute atomic E-state index is 0.390. The van der Waals surface area contributed by atoms with E-state index in [1.807, 2.05) is 47.9 Å². The predicted octanol–water partition coefficient (Wildman–Crippen LogP) is 2.90. The first-order valence-corrected chi connectivity index (χ1v) is 9.52. The summed E-state index contributed by atoms with van der Waals surface area (Å²) in [6, 6.07) is 10.0. The second-order valence-corrected chi connectivity index (χ2v) is 7.46. The normalized spacial score (nSPS) is 12.0. The van der Waals surface area contributed by atoms with Crippen LogP contribution in [0.4, 0.5) is 0 Å². The van der Waals surface area contributed by atoms with Gasteiger partial charge in [-0.2, -0.15) is 0 Å². The molecule has 0 aliphatic heterocycles. The Morgan fingerprint density at radius 2 is 2.04 bits per heavy atom. The first kappa shape index (κ1) is 18.5. The van der Waals surface area contributed by atoms with Gasteiger partial charge in [-0.15, -0.1) is 0 Å². The van der Waals surface area contributed by atoms with Crippen LogP contribution in [0.5, 0.6) is 0 Å². The van der Waals surface area contributed by atoms with Crippen molar-refractivity contribution in [1.29, 1.82) is 0 Å². The lowest BCUT2D eigenvalue weighted by Gasteiger charge is -2.08. The second kappa shape index (κ2) is 7.97. The molecule has 0 amide bonds. The van der Waals surface area contributed by atoms with Gasteiger partial charge >= 0.3 is 5.69 Å². The first-order chi connectivity index (χ1) is 12.5. The topological polar surface area (TPSA) is 72.7 Å². The van der Waals surface area contributed by atoms with Gasteiger partial charge in [0.1, 0.15) is 0 Å². The summed E-state index contributed by atoms with van der Waals surface area (Å²) in [5.41, 5.74) is 1.09. The van der Waals surface area contributed by atoms with Gasteiger partial charge in [0.15, 0.2) is 16.3 Å². The lowest BCUT2D eigenvalue weighted by molar-refractivity contribution is 0.650. The third-order valence-electron chi connectivity index (χ3n) is 4.02. The fraction of sp³-hybridized carbons (Fsp3) is 0.278. The smallest absolute Gasteiger partial charge is 0.313 e. The maximum atomic E-state index is 12.4. The number of hydrogen-bond acceptors (Lipinski definition) is 4. The highest BCUT2D eigenvalue weighted by Gasteiger charge is 2.17. The van der Waals surface area contributed by atoms with E-state index in [9.17, 15) is 9.59 Å². The Morgan fingerprint density at radius 3 is 2.73 bits per heavy atom. The SMILES string of the molecule is CC(Cl)=CCSc1nc2c(c(=O)[nH]c(=O)n2C)n1CCc1ccccc1. The Bertz CT molecular complexity index is 1060. The molecule has 0 aliphatic carbocycles. The van der Waals surface area contributed by atoms with E-state index >= 15 is 0 Å². The van der Waals surface area contributed by atoms with Crippen LogP contribution < -0.4 is 11.2 Å². The number of nitrogens with one attached hydrogen (secondary N) is 1. The lowest BCUT2D eigenvalue weighted by atomic mass is 10.1. The van der Waals surface area contributed by atoms with Crippen molar-refractivity contribution in [2.24, 2.45) is 7.05 Å². The van der Waals surface area contributed by atoms with Crippen molar-refractivity contribution < 1.29 is 0 Å². The van der Waals surface area contributed by atoms with Crippen molar-refractivity contribution in [3.05, 3.63) is 67.8 Å². The van der Waals surface area contributed by atoms with Gasteiger partial charge < -0.3 is 4.57 Å². The van der Waals surface area contributed by atoms with Crippen molar-refractivity contribution in [1.82, 2.24) is 19.1 Å². The number of aromatic amines is 1. The fourth-order valence-electron chi connectivity index (χ4n) is 2.65. The summed E-state index contributed by atoms with van der Waals surface area (Å²) in [6.07, 6.45) is 2.64. The summed E-state index contributed by atoms with van der Waals surface area (Å²) in [6.45, 7) is 2.41. The summed E-state index contributed by atoms with van der Waals surface area (Å²) in [4.78, 5) is 31.2. The predicted molar refractivity (Wildman–Crippen MR) is 106 cm³/mol. The Labute approximate surface area is 159 Å². The second-order valence-electron chi connectivity index (χ2n) is 5.87. The van der Waals surface area contributed by atoms with Gasteiger partial charge in [0.25, 0.3) is 5.56 Å². The van der Waals surface area contributed by atoms with Gasteiger partial charge in [-0.05, 0) is 18.9 Å². The Hall–Kier alpha value is -2.25. The van der Waals surface area contributed by atoms with Crippen LogP contribution in [0.1, 0.15) is 12.5 Å². The molecule has 8 heteroatoms. The van der Waals surface area contributed by atoms with E-state index in [-0.39, 0.29) is 0 Å². The molecule has 6 nitrogen and oxygen atoms in total. The van der Waals surface area contributed by atoms with E-state index in [2.05, 4.69) is 9.97 Å². The van der Waals surface area contributed by atoms with E-state index in [4.69, 9.17) is 11.6 Å². The summed E-state index contributed by atoms with van der Waals surface area (Å²) >= 11 is 7.38. The van der Waals surface area contributed by atoms with Crippen LogP contribution in [0.15, 0.2) is 56.2 Å². The zero-order chi connectivity index (χ0) is 18.7. The van der Waals surface area contributed by atoms with Crippen molar-refractivity contribution in [3.8, 4) is 0 Å². The number of aryl methyl sites for hydroxylation is 3. The molecular weight excluding hydrogens is 372 g/mol. The van der Waals surface area contributed by atoms with E-state index < -0.39 is 11.2 Å². The molecule has 1 N–H and O–H groups in total. The summed E-state index contributed by atoms with van der Waals surface area (Å²) in [5, 5.41) is 1.39. The molecule has 1 aromatic carbocycles. The number of nitrogens with zero attached hydrogens (tertiary/aromatic N) is 3. The maximum Gasteiger partial charge on any atom is 0.329 e. The molecule has 3 aromatic rings.